The summed E-state index contributed by atoms with van der Waals surface area (Å²) in [6.07, 6.45) is 0.991. The first-order valence-corrected chi connectivity index (χ1v) is 11.3. The highest BCUT2D eigenvalue weighted by Crippen LogP contribution is 2.24. The predicted octanol–water partition coefficient (Wildman–Crippen LogP) is 6.64. The van der Waals surface area contributed by atoms with Crippen molar-refractivity contribution >= 4 is 27.5 Å². The van der Waals surface area contributed by atoms with Gasteiger partial charge < -0.3 is 4.57 Å². The molecule has 4 aromatic rings. The minimum absolute atomic E-state index is 0.199. The molecule has 0 aliphatic heterocycles. The molecule has 0 N–H and O–H groups in total. The molecule has 1 aromatic heterocycles. The van der Waals surface area contributed by atoms with Crippen LogP contribution in [0, 0.1) is 0 Å². The summed E-state index contributed by atoms with van der Waals surface area (Å²) in [6, 6.07) is 24.4. The number of aromatic nitrogens is 1. The highest BCUT2D eigenvalue weighted by atomic mass is 32.1. The van der Waals surface area contributed by atoms with Crippen molar-refractivity contribution in [3.63, 3.8) is 0 Å². The van der Waals surface area contributed by atoms with Crippen LogP contribution >= 0.6 is 11.3 Å². The van der Waals surface area contributed by atoms with E-state index in [9.17, 15) is 4.79 Å². The van der Waals surface area contributed by atoms with Crippen molar-refractivity contribution in [2.24, 2.45) is 4.99 Å². The monoisotopic (exact) mass is 414 g/mol. The topological polar surface area (TPSA) is 34.4 Å². The second-order valence-corrected chi connectivity index (χ2v) is 8.79. The molecule has 3 aromatic carbocycles. The fourth-order valence-corrected chi connectivity index (χ4v) is 4.66. The number of rotatable bonds is 5. The number of amides is 1. The highest BCUT2D eigenvalue weighted by molar-refractivity contribution is 7.16. The summed E-state index contributed by atoms with van der Waals surface area (Å²) in [5.74, 6) is 0.274. The van der Waals surface area contributed by atoms with Gasteiger partial charge in [0, 0.05) is 12.1 Å². The molecule has 0 saturated carbocycles. The van der Waals surface area contributed by atoms with Crippen LogP contribution in [0.2, 0.25) is 0 Å². The van der Waals surface area contributed by atoms with Gasteiger partial charge in [0.25, 0.3) is 5.91 Å². The Balaban J connectivity index is 1.71. The fraction of sp³-hybridized carbons (Fsp3) is 0.231. The van der Waals surface area contributed by atoms with Crippen LogP contribution in [0.25, 0.3) is 21.3 Å². The van der Waals surface area contributed by atoms with Crippen molar-refractivity contribution in [1.82, 2.24) is 4.57 Å². The highest BCUT2D eigenvalue weighted by Gasteiger charge is 2.11. The lowest BCUT2D eigenvalue weighted by atomic mass is 10.0. The van der Waals surface area contributed by atoms with Gasteiger partial charge in [-0.1, -0.05) is 80.6 Å². The molecule has 0 saturated heterocycles. The number of fused-ring (bicyclic) bond motifs is 1. The number of carbonyl (C=O) groups is 1. The van der Waals surface area contributed by atoms with Gasteiger partial charge in [-0.2, -0.15) is 4.99 Å². The molecule has 4 rings (SSSR count). The zero-order valence-electron chi connectivity index (χ0n) is 17.6. The minimum atomic E-state index is -0.199. The first-order chi connectivity index (χ1) is 14.6. The van der Waals surface area contributed by atoms with Crippen LogP contribution in [-0.2, 0) is 6.54 Å². The minimum Gasteiger partial charge on any atom is -0.316 e. The Bertz CT molecular complexity index is 1230. The third kappa shape index (κ3) is 4.14. The van der Waals surface area contributed by atoms with Crippen LogP contribution in [0.3, 0.4) is 0 Å². The third-order valence-electron chi connectivity index (χ3n) is 5.26. The number of hydrogen-bond donors (Lipinski definition) is 0. The molecule has 4 heteroatoms. The molecule has 3 nitrogen and oxygen atoms in total. The first-order valence-electron chi connectivity index (χ1n) is 10.4. The summed E-state index contributed by atoms with van der Waals surface area (Å²) in [5.41, 5.74) is 5.30. The van der Waals surface area contributed by atoms with Gasteiger partial charge in [0.05, 0.1) is 10.2 Å². The Labute approximate surface area is 181 Å². The lowest BCUT2D eigenvalue weighted by molar-refractivity contribution is 0.0998. The molecule has 0 bridgehead atoms. The van der Waals surface area contributed by atoms with Gasteiger partial charge in [-0.3, -0.25) is 4.79 Å². The molecule has 0 aliphatic carbocycles. The van der Waals surface area contributed by atoms with E-state index in [0.29, 0.717) is 11.5 Å². The molecule has 0 radical (unpaired) electrons. The Morgan fingerprint density at radius 1 is 0.967 bits per heavy atom. The summed E-state index contributed by atoms with van der Waals surface area (Å²) in [7, 11) is 0. The van der Waals surface area contributed by atoms with Crippen LogP contribution in [0.4, 0.5) is 0 Å². The molecule has 0 fully saturated rings. The fourth-order valence-electron chi connectivity index (χ4n) is 3.56. The molecule has 0 spiro atoms. The second-order valence-electron chi connectivity index (χ2n) is 7.78. The van der Waals surface area contributed by atoms with E-state index in [1.807, 2.05) is 42.5 Å². The van der Waals surface area contributed by atoms with Gasteiger partial charge in [-0.15, -0.1) is 0 Å². The molecular weight excluding hydrogens is 388 g/mol. The van der Waals surface area contributed by atoms with Crippen molar-refractivity contribution in [2.75, 3.05) is 0 Å². The van der Waals surface area contributed by atoms with E-state index in [4.69, 9.17) is 0 Å². The van der Waals surface area contributed by atoms with Gasteiger partial charge in [-0.25, -0.2) is 0 Å². The normalized spacial score (nSPS) is 12.1. The van der Waals surface area contributed by atoms with E-state index in [-0.39, 0.29) is 5.91 Å². The zero-order valence-corrected chi connectivity index (χ0v) is 18.4. The molecule has 0 unspecified atom stereocenters. The van der Waals surface area contributed by atoms with Gasteiger partial charge in [0.15, 0.2) is 4.80 Å². The lowest BCUT2D eigenvalue weighted by Gasteiger charge is -2.06. The maximum absolute atomic E-state index is 12.9. The van der Waals surface area contributed by atoms with Crippen molar-refractivity contribution in [2.45, 2.75) is 39.7 Å². The van der Waals surface area contributed by atoms with Gasteiger partial charge in [-0.05, 0) is 53.3 Å². The van der Waals surface area contributed by atoms with Gasteiger partial charge >= 0.3 is 0 Å². The zero-order chi connectivity index (χ0) is 21.1. The van der Waals surface area contributed by atoms with E-state index in [0.717, 1.165) is 34.4 Å². The summed E-state index contributed by atoms with van der Waals surface area (Å²) < 4.78 is 3.35. The maximum atomic E-state index is 12.9. The Morgan fingerprint density at radius 3 is 2.33 bits per heavy atom. The quantitative estimate of drug-likeness (QED) is 0.360. The van der Waals surface area contributed by atoms with Crippen molar-refractivity contribution in [1.29, 1.82) is 0 Å². The van der Waals surface area contributed by atoms with Crippen LogP contribution in [0.15, 0.2) is 77.8 Å². The molecule has 1 amide bonds. The second kappa shape index (κ2) is 8.80. The maximum Gasteiger partial charge on any atom is 0.279 e. The molecule has 0 aliphatic rings. The van der Waals surface area contributed by atoms with Crippen LogP contribution in [0.1, 0.15) is 49.0 Å². The molecule has 152 valence electrons. The van der Waals surface area contributed by atoms with E-state index >= 15 is 0 Å². The summed E-state index contributed by atoms with van der Waals surface area (Å²) >= 11 is 1.59. The number of nitrogens with zero attached hydrogens (tertiary/aromatic N) is 2. The molecular formula is C26H26N2OS. The first kappa shape index (κ1) is 20.3. The van der Waals surface area contributed by atoms with Crippen LogP contribution in [0.5, 0.6) is 0 Å². The summed E-state index contributed by atoms with van der Waals surface area (Å²) in [5, 5.41) is 0. The largest absolute Gasteiger partial charge is 0.316 e. The average Bonchev–Trinajstić information content (AvgIpc) is 3.11. The number of hydrogen-bond acceptors (Lipinski definition) is 2. The number of benzene rings is 3. The number of thiazole rings is 1. The SMILES string of the molecule is CCCn1c(=NC(=O)c2ccc(-c3ccccc3)cc2)sc2cc(C(C)C)ccc21. The number of aryl methyl sites for hydroxylation is 1. The Kier molecular flexibility index (Phi) is 5.96. The van der Waals surface area contributed by atoms with Crippen molar-refractivity contribution in [3.05, 3.63) is 88.7 Å². The van der Waals surface area contributed by atoms with Crippen molar-refractivity contribution in [3.8, 4) is 11.1 Å². The third-order valence-corrected chi connectivity index (χ3v) is 6.30. The van der Waals surface area contributed by atoms with Gasteiger partial charge in [0.1, 0.15) is 0 Å². The molecule has 30 heavy (non-hydrogen) atoms. The summed E-state index contributed by atoms with van der Waals surface area (Å²) in [4.78, 5) is 18.2. The smallest absolute Gasteiger partial charge is 0.279 e. The van der Waals surface area contributed by atoms with Crippen LogP contribution < -0.4 is 4.80 Å². The predicted molar refractivity (Wildman–Crippen MR) is 126 cm³/mol. The lowest BCUT2D eigenvalue weighted by Crippen LogP contribution is -2.16. The Morgan fingerprint density at radius 2 is 1.67 bits per heavy atom. The number of carbonyl (C=O) groups excluding carboxylic acids is 1. The van der Waals surface area contributed by atoms with Gasteiger partial charge in [0.2, 0.25) is 0 Å². The van der Waals surface area contributed by atoms with E-state index in [1.54, 1.807) is 11.3 Å². The van der Waals surface area contributed by atoms with E-state index in [1.165, 1.54) is 10.3 Å². The van der Waals surface area contributed by atoms with Crippen LogP contribution in [-0.4, -0.2) is 10.5 Å². The van der Waals surface area contributed by atoms with E-state index in [2.05, 4.69) is 60.7 Å². The Hall–Kier alpha value is -2.98. The molecule has 1 heterocycles. The summed E-state index contributed by atoms with van der Waals surface area (Å²) in [6.45, 7) is 7.39. The standard InChI is InChI=1S/C26H26N2OS/c1-4-16-28-23-15-14-22(18(2)3)17-24(23)30-26(28)27-25(29)21-12-10-20(11-13-21)19-8-6-5-7-9-19/h5-15,17-18H,4,16H2,1-3H3. The van der Waals surface area contributed by atoms with E-state index < -0.39 is 0 Å². The average molecular weight is 415 g/mol. The van der Waals surface area contributed by atoms with Crippen molar-refractivity contribution < 1.29 is 4.79 Å². The molecule has 0 atom stereocenters.